The molecule has 2 fully saturated rings. The van der Waals surface area contributed by atoms with E-state index in [-0.39, 0.29) is 11.9 Å². The molecule has 2 aliphatic rings. The van der Waals surface area contributed by atoms with Gasteiger partial charge in [-0.2, -0.15) is 5.26 Å². The Labute approximate surface area is 148 Å². The first-order valence-electron chi connectivity index (χ1n) is 9.02. The Morgan fingerprint density at radius 2 is 1.72 bits per heavy atom. The number of benzene rings is 1. The topological polar surface area (TPSA) is 76.4 Å². The molecule has 132 valence electrons. The van der Waals surface area contributed by atoms with Crippen molar-refractivity contribution in [3.8, 4) is 6.07 Å². The van der Waals surface area contributed by atoms with E-state index in [1.807, 2.05) is 0 Å². The normalized spacial score (nSPS) is 18.5. The highest BCUT2D eigenvalue weighted by Gasteiger charge is 2.26. The molecule has 0 radical (unpaired) electrons. The lowest BCUT2D eigenvalue weighted by atomic mass is 9.96. The molecule has 0 unspecified atom stereocenters. The molecule has 3 rings (SSSR count). The molecule has 1 heterocycles. The summed E-state index contributed by atoms with van der Waals surface area (Å²) < 4.78 is 0. The van der Waals surface area contributed by atoms with E-state index in [2.05, 4.69) is 11.4 Å². The Morgan fingerprint density at radius 1 is 1.04 bits per heavy atom. The molecular weight excluding hydrogens is 316 g/mol. The largest absolute Gasteiger partial charge is 0.335 e. The van der Waals surface area contributed by atoms with Crippen LogP contribution in [0.4, 0.5) is 4.79 Å². The van der Waals surface area contributed by atoms with E-state index in [0.29, 0.717) is 43.3 Å². The van der Waals surface area contributed by atoms with Crippen LogP contribution in [0.3, 0.4) is 0 Å². The molecule has 1 N–H and O–H groups in total. The van der Waals surface area contributed by atoms with Crippen LogP contribution in [0.1, 0.15) is 48.0 Å². The van der Waals surface area contributed by atoms with Gasteiger partial charge in [0.05, 0.1) is 11.6 Å². The van der Waals surface area contributed by atoms with Gasteiger partial charge in [0.15, 0.2) is 0 Å². The van der Waals surface area contributed by atoms with Crippen LogP contribution in [-0.4, -0.2) is 54.0 Å². The Morgan fingerprint density at radius 3 is 2.40 bits per heavy atom. The lowest BCUT2D eigenvalue weighted by molar-refractivity contribution is 0.0662. The van der Waals surface area contributed by atoms with Crippen molar-refractivity contribution in [3.63, 3.8) is 0 Å². The smallest absolute Gasteiger partial charge is 0.317 e. The third-order valence-corrected chi connectivity index (χ3v) is 5.03. The summed E-state index contributed by atoms with van der Waals surface area (Å²) in [4.78, 5) is 28.5. The lowest BCUT2D eigenvalue weighted by Gasteiger charge is -2.36. The van der Waals surface area contributed by atoms with Gasteiger partial charge in [-0.05, 0) is 31.0 Å². The van der Waals surface area contributed by atoms with E-state index in [1.165, 1.54) is 19.3 Å². The predicted octanol–water partition coefficient (Wildman–Crippen LogP) is 2.36. The first kappa shape index (κ1) is 17.3. The second-order valence-corrected chi connectivity index (χ2v) is 6.76. The zero-order valence-electron chi connectivity index (χ0n) is 14.4. The molecular formula is C19H24N4O2. The van der Waals surface area contributed by atoms with Crippen LogP contribution in [0.5, 0.6) is 0 Å². The van der Waals surface area contributed by atoms with Gasteiger partial charge in [-0.15, -0.1) is 0 Å². The molecule has 0 aromatic heterocycles. The van der Waals surface area contributed by atoms with Crippen molar-refractivity contribution in [1.82, 2.24) is 15.1 Å². The van der Waals surface area contributed by atoms with E-state index in [0.717, 1.165) is 12.8 Å². The molecule has 0 bridgehead atoms. The summed E-state index contributed by atoms with van der Waals surface area (Å²) in [5.41, 5.74) is 1.01. The standard InChI is InChI=1S/C19H24N4O2/c20-14-15-5-4-6-16(13-15)18(24)22-9-11-23(12-10-22)19(25)21-17-7-2-1-3-8-17/h4-6,13,17H,1-3,7-12H2,(H,21,25). The van der Waals surface area contributed by atoms with Gasteiger partial charge in [0.1, 0.15) is 0 Å². The number of nitrogens with one attached hydrogen (secondary N) is 1. The minimum absolute atomic E-state index is 0.00882. The van der Waals surface area contributed by atoms with Gasteiger partial charge in [-0.1, -0.05) is 25.3 Å². The Balaban J connectivity index is 1.51. The highest BCUT2D eigenvalue weighted by molar-refractivity contribution is 5.94. The number of nitrogens with zero attached hydrogens (tertiary/aromatic N) is 3. The number of hydrogen-bond acceptors (Lipinski definition) is 3. The molecule has 6 nitrogen and oxygen atoms in total. The van der Waals surface area contributed by atoms with E-state index in [4.69, 9.17) is 5.26 Å². The van der Waals surface area contributed by atoms with Crippen molar-refractivity contribution in [2.24, 2.45) is 0 Å². The molecule has 25 heavy (non-hydrogen) atoms. The van der Waals surface area contributed by atoms with Gasteiger partial charge in [-0.25, -0.2) is 4.79 Å². The number of amides is 3. The van der Waals surface area contributed by atoms with Crippen molar-refractivity contribution in [2.75, 3.05) is 26.2 Å². The highest BCUT2D eigenvalue weighted by atomic mass is 16.2. The van der Waals surface area contributed by atoms with Gasteiger partial charge < -0.3 is 15.1 Å². The van der Waals surface area contributed by atoms with Gasteiger partial charge in [0.2, 0.25) is 0 Å². The maximum Gasteiger partial charge on any atom is 0.317 e. The number of hydrogen-bond donors (Lipinski definition) is 1. The van der Waals surface area contributed by atoms with Crippen LogP contribution >= 0.6 is 0 Å². The number of rotatable bonds is 2. The molecule has 1 aromatic carbocycles. The van der Waals surface area contributed by atoms with Gasteiger partial charge in [0, 0.05) is 37.8 Å². The summed E-state index contributed by atoms with van der Waals surface area (Å²) >= 11 is 0. The number of nitriles is 1. The van der Waals surface area contributed by atoms with Crippen LogP contribution in [0, 0.1) is 11.3 Å². The molecule has 0 spiro atoms. The second-order valence-electron chi connectivity index (χ2n) is 6.76. The van der Waals surface area contributed by atoms with E-state index in [1.54, 1.807) is 34.1 Å². The number of carbonyl (C=O) groups excluding carboxylic acids is 2. The summed E-state index contributed by atoms with van der Waals surface area (Å²) in [6.07, 6.45) is 5.78. The lowest BCUT2D eigenvalue weighted by Crippen LogP contribution is -2.54. The van der Waals surface area contributed by atoms with Gasteiger partial charge in [-0.3, -0.25) is 4.79 Å². The minimum atomic E-state index is -0.0792. The molecule has 0 atom stereocenters. The Bertz CT molecular complexity index is 668. The van der Waals surface area contributed by atoms with Crippen molar-refractivity contribution in [3.05, 3.63) is 35.4 Å². The monoisotopic (exact) mass is 340 g/mol. The van der Waals surface area contributed by atoms with Crippen LogP contribution in [0.15, 0.2) is 24.3 Å². The van der Waals surface area contributed by atoms with E-state index < -0.39 is 0 Å². The molecule has 3 amide bonds. The van der Waals surface area contributed by atoms with Gasteiger partial charge in [0.25, 0.3) is 5.91 Å². The summed E-state index contributed by atoms with van der Waals surface area (Å²) in [5.74, 6) is -0.0792. The third kappa shape index (κ3) is 4.30. The summed E-state index contributed by atoms with van der Waals surface area (Å²) in [5, 5.41) is 12.1. The molecule has 6 heteroatoms. The van der Waals surface area contributed by atoms with Crippen LogP contribution in [0.2, 0.25) is 0 Å². The first-order chi connectivity index (χ1) is 12.2. The van der Waals surface area contributed by atoms with Crippen molar-refractivity contribution < 1.29 is 9.59 Å². The maximum atomic E-state index is 12.6. The molecule has 1 aliphatic heterocycles. The minimum Gasteiger partial charge on any atom is -0.335 e. The fourth-order valence-electron chi connectivity index (χ4n) is 3.53. The fourth-order valence-corrected chi connectivity index (χ4v) is 3.53. The molecule has 1 saturated carbocycles. The Kier molecular flexibility index (Phi) is 5.54. The zero-order valence-corrected chi connectivity index (χ0v) is 14.4. The van der Waals surface area contributed by atoms with Crippen molar-refractivity contribution in [2.45, 2.75) is 38.1 Å². The van der Waals surface area contributed by atoms with Gasteiger partial charge >= 0.3 is 6.03 Å². The summed E-state index contributed by atoms with van der Waals surface area (Å²) in [6.45, 7) is 2.13. The number of urea groups is 1. The predicted molar refractivity (Wildman–Crippen MR) is 94.0 cm³/mol. The first-order valence-corrected chi connectivity index (χ1v) is 9.02. The van der Waals surface area contributed by atoms with E-state index >= 15 is 0 Å². The molecule has 1 aliphatic carbocycles. The van der Waals surface area contributed by atoms with Crippen molar-refractivity contribution >= 4 is 11.9 Å². The van der Waals surface area contributed by atoms with Crippen LogP contribution < -0.4 is 5.32 Å². The molecule has 1 aromatic rings. The highest BCUT2D eigenvalue weighted by Crippen LogP contribution is 2.18. The quantitative estimate of drug-likeness (QED) is 0.898. The average Bonchev–Trinajstić information content (AvgIpc) is 2.68. The van der Waals surface area contributed by atoms with Crippen LogP contribution in [-0.2, 0) is 0 Å². The number of piperazine rings is 1. The summed E-state index contributed by atoms with van der Waals surface area (Å²) in [7, 11) is 0. The SMILES string of the molecule is N#Cc1cccc(C(=O)N2CCN(C(=O)NC3CCCCC3)CC2)c1. The van der Waals surface area contributed by atoms with Crippen molar-refractivity contribution in [1.29, 1.82) is 5.26 Å². The second kappa shape index (κ2) is 8.02. The number of carbonyl (C=O) groups is 2. The maximum absolute atomic E-state index is 12.6. The van der Waals surface area contributed by atoms with Crippen LogP contribution in [0.25, 0.3) is 0 Å². The summed E-state index contributed by atoms with van der Waals surface area (Å²) in [6, 6.07) is 9.10. The Hall–Kier alpha value is -2.55. The molecule has 1 saturated heterocycles. The average molecular weight is 340 g/mol. The third-order valence-electron chi connectivity index (χ3n) is 5.03. The van der Waals surface area contributed by atoms with E-state index in [9.17, 15) is 9.59 Å². The zero-order chi connectivity index (χ0) is 17.6. The fraction of sp³-hybridized carbons (Fsp3) is 0.526.